The quantitative estimate of drug-likeness (QED) is 0.635. The number of aliphatic carboxylic acids is 1. The van der Waals surface area contributed by atoms with Crippen molar-refractivity contribution in [3.63, 3.8) is 0 Å². The fraction of sp³-hybridized carbons (Fsp3) is 0.750. The van der Waals surface area contributed by atoms with Gasteiger partial charge in [-0.05, 0) is 0 Å². The highest BCUT2D eigenvalue weighted by Crippen LogP contribution is 2.22. The van der Waals surface area contributed by atoms with E-state index in [0.717, 1.165) is 0 Å². The highest BCUT2D eigenvalue weighted by Gasteiger charge is 2.33. The lowest BCUT2D eigenvalue weighted by atomic mass is 9.89. The number of carbonyl (C=O) groups excluding carboxylic acids is 1. The predicted molar refractivity (Wildman–Crippen MR) is 42.6 cm³/mol. The molecule has 12 heavy (non-hydrogen) atoms. The molecule has 0 amide bonds. The summed E-state index contributed by atoms with van der Waals surface area (Å²) in [6.07, 6.45) is -1.07. The molecule has 0 spiro atoms. The maximum Gasteiger partial charge on any atom is 0.345 e. The lowest BCUT2D eigenvalue weighted by molar-refractivity contribution is -0.170. The first-order chi connectivity index (χ1) is 5.25. The van der Waals surface area contributed by atoms with Gasteiger partial charge in [0.25, 0.3) is 0 Å². The topological polar surface area (TPSA) is 63.6 Å². The number of esters is 1. The number of hydrogen-bond donors (Lipinski definition) is 1. The van der Waals surface area contributed by atoms with Gasteiger partial charge >= 0.3 is 11.9 Å². The van der Waals surface area contributed by atoms with Crippen molar-refractivity contribution < 1.29 is 19.4 Å². The van der Waals surface area contributed by atoms with E-state index in [1.807, 2.05) is 0 Å². The van der Waals surface area contributed by atoms with Gasteiger partial charge in [0.1, 0.15) is 0 Å². The van der Waals surface area contributed by atoms with Gasteiger partial charge in [-0.2, -0.15) is 0 Å². The lowest BCUT2D eigenvalue weighted by Crippen LogP contribution is -2.38. The van der Waals surface area contributed by atoms with Crippen LogP contribution in [-0.2, 0) is 14.3 Å². The Kier molecular flexibility index (Phi) is 3.24. The van der Waals surface area contributed by atoms with Gasteiger partial charge in [-0.25, -0.2) is 4.79 Å². The summed E-state index contributed by atoms with van der Waals surface area (Å²) >= 11 is 0. The van der Waals surface area contributed by atoms with Crippen LogP contribution in [0, 0.1) is 5.41 Å². The zero-order valence-electron chi connectivity index (χ0n) is 7.75. The molecule has 0 heterocycles. The zero-order valence-corrected chi connectivity index (χ0v) is 7.75. The van der Waals surface area contributed by atoms with Crippen molar-refractivity contribution >= 4 is 11.9 Å². The second kappa shape index (κ2) is 3.56. The molecule has 0 rings (SSSR count). The van der Waals surface area contributed by atoms with Gasteiger partial charge in [-0.1, -0.05) is 20.8 Å². The van der Waals surface area contributed by atoms with E-state index in [0.29, 0.717) is 0 Å². The second-order valence-electron chi connectivity index (χ2n) is 3.69. The van der Waals surface area contributed by atoms with Gasteiger partial charge in [-0.15, -0.1) is 0 Å². The molecule has 0 radical (unpaired) electrons. The maximum absolute atomic E-state index is 10.6. The number of carboxylic acids is 1. The van der Waals surface area contributed by atoms with E-state index in [1.165, 1.54) is 6.92 Å². The summed E-state index contributed by atoms with van der Waals surface area (Å²) in [5.41, 5.74) is -0.572. The number of rotatable bonds is 2. The van der Waals surface area contributed by atoms with Crippen LogP contribution in [0.2, 0.25) is 0 Å². The third-order valence-corrected chi connectivity index (χ3v) is 1.29. The van der Waals surface area contributed by atoms with Crippen LogP contribution in [0.5, 0.6) is 0 Å². The largest absolute Gasteiger partial charge is 0.478 e. The minimum absolute atomic E-state index is 0.572. The van der Waals surface area contributed by atoms with E-state index in [4.69, 9.17) is 5.11 Å². The van der Waals surface area contributed by atoms with Crippen molar-refractivity contribution in [1.29, 1.82) is 0 Å². The monoisotopic (exact) mass is 174 g/mol. The Morgan fingerprint density at radius 3 is 1.83 bits per heavy atom. The van der Waals surface area contributed by atoms with E-state index in [2.05, 4.69) is 4.74 Å². The standard InChI is InChI=1S/C8H14O4/c1-5(9)12-6(7(10)11)8(2,3)4/h6H,1-4H3,(H,10,11)/t6-/m1/s1. The van der Waals surface area contributed by atoms with Gasteiger partial charge in [0, 0.05) is 12.3 Å². The summed E-state index contributed by atoms with van der Waals surface area (Å²) < 4.78 is 4.64. The first kappa shape index (κ1) is 10.9. The molecule has 0 aromatic rings. The van der Waals surface area contributed by atoms with Crippen LogP contribution in [0.25, 0.3) is 0 Å². The summed E-state index contributed by atoms with van der Waals surface area (Å²) in [7, 11) is 0. The molecule has 0 aliphatic carbocycles. The van der Waals surface area contributed by atoms with Crippen LogP contribution < -0.4 is 0 Å². The lowest BCUT2D eigenvalue weighted by Gasteiger charge is -2.25. The average Bonchev–Trinajstić information content (AvgIpc) is 1.79. The Labute approximate surface area is 71.5 Å². The molecule has 0 unspecified atom stereocenters. The minimum Gasteiger partial charge on any atom is -0.478 e. The first-order valence-corrected chi connectivity index (χ1v) is 3.65. The Balaban J connectivity index is 4.46. The summed E-state index contributed by atoms with van der Waals surface area (Å²) in [6, 6.07) is 0. The second-order valence-corrected chi connectivity index (χ2v) is 3.69. The Morgan fingerprint density at radius 2 is 1.75 bits per heavy atom. The molecule has 0 bridgehead atoms. The third-order valence-electron chi connectivity index (χ3n) is 1.29. The van der Waals surface area contributed by atoms with E-state index in [9.17, 15) is 9.59 Å². The molecular weight excluding hydrogens is 160 g/mol. The fourth-order valence-electron chi connectivity index (χ4n) is 0.764. The van der Waals surface area contributed by atoms with Gasteiger partial charge in [-0.3, -0.25) is 4.79 Å². The third kappa shape index (κ3) is 3.37. The van der Waals surface area contributed by atoms with Crippen molar-refractivity contribution in [2.45, 2.75) is 33.8 Å². The van der Waals surface area contributed by atoms with Gasteiger partial charge in [0.05, 0.1) is 0 Å². The molecule has 0 aromatic carbocycles. The summed E-state index contributed by atoms with van der Waals surface area (Å²) in [5, 5.41) is 8.68. The van der Waals surface area contributed by atoms with Crippen molar-refractivity contribution in [2.75, 3.05) is 0 Å². The van der Waals surface area contributed by atoms with Crippen molar-refractivity contribution in [2.24, 2.45) is 5.41 Å². The van der Waals surface area contributed by atoms with Crippen LogP contribution in [0.4, 0.5) is 0 Å². The molecule has 0 fully saturated rings. The number of carbonyl (C=O) groups is 2. The molecule has 0 saturated heterocycles. The van der Waals surface area contributed by atoms with Crippen molar-refractivity contribution in [1.82, 2.24) is 0 Å². The van der Waals surface area contributed by atoms with Gasteiger partial charge in [0.15, 0.2) is 0 Å². The first-order valence-electron chi connectivity index (χ1n) is 3.65. The molecule has 0 saturated carbocycles. The predicted octanol–water partition coefficient (Wildman–Crippen LogP) is 1.05. The normalized spacial score (nSPS) is 13.7. The summed E-state index contributed by atoms with van der Waals surface area (Å²) in [5.74, 6) is -1.69. The Hall–Kier alpha value is -1.06. The fourth-order valence-corrected chi connectivity index (χ4v) is 0.764. The van der Waals surface area contributed by atoms with Crippen LogP contribution >= 0.6 is 0 Å². The Morgan fingerprint density at radius 1 is 1.33 bits per heavy atom. The SMILES string of the molecule is CC(=O)O[C@H](C(=O)O)C(C)(C)C. The van der Waals surface area contributed by atoms with E-state index in [1.54, 1.807) is 20.8 Å². The smallest absolute Gasteiger partial charge is 0.345 e. The Bertz CT molecular complexity index is 190. The average molecular weight is 174 g/mol. The number of hydrogen-bond acceptors (Lipinski definition) is 3. The number of carboxylic acid groups (broad SMARTS) is 1. The van der Waals surface area contributed by atoms with Crippen LogP contribution in [0.1, 0.15) is 27.7 Å². The summed E-state index contributed by atoms with van der Waals surface area (Å²) in [6.45, 7) is 6.31. The summed E-state index contributed by atoms with van der Waals surface area (Å²) in [4.78, 5) is 21.1. The molecule has 4 nitrogen and oxygen atoms in total. The van der Waals surface area contributed by atoms with Crippen LogP contribution in [-0.4, -0.2) is 23.1 Å². The molecule has 0 aliphatic rings. The van der Waals surface area contributed by atoms with Gasteiger partial charge < -0.3 is 9.84 Å². The molecule has 70 valence electrons. The molecule has 1 atom stereocenters. The number of ether oxygens (including phenoxy) is 1. The maximum atomic E-state index is 10.6. The van der Waals surface area contributed by atoms with E-state index < -0.39 is 23.5 Å². The highest BCUT2D eigenvalue weighted by molar-refractivity contribution is 5.77. The zero-order chi connectivity index (χ0) is 9.94. The molecule has 0 aromatic heterocycles. The van der Waals surface area contributed by atoms with E-state index >= 15 is 0 Å². The van der Waals surface area contributed by atoms with Crippen LogP contribution in [0.3, 0.4) is 0 Å². The molecule has 1 N–H and O–H groups in total. The molecular formula is C8H14O4. The van der Waals surface area contributed by atoms with Crippen molar-refractivity contribution in [3.8, 4) is 0 Å². The molecule has 4 heteroatoms. The molecule has 0 aliphatic heterocycles. The highest BCUT2D eigenvalue weighted by atomic mass is 16.6. The van der Waals surface area contributed by atoms with E-state index in [-0.39, 0.29) is 0 Å². The van der Waals surface area contributed by atoms with Gasteiger partial charge in [0.2, 0.25) is 6.10 Å². The minimum atomic E-state index is -1.11. The van der Waals surface area contributed by atoms with Crippen molar-refractivity contribution in [3.05, 3.63) is 0 Å². The van der Waals surface area contributed by atoms with Crippen LogP contribution in [0.15, 0.2) is 0 Å².